The maximum atomic E-state index is 12.5. The molecule has 2 aromatic heterocycles. The Morgan fingerprint density at radius 3 is 2.95 bits per heavy atom. The highest BCUT2D eigenvalue weighted by Gasteiger charge is 2.31. The molecule has 1 saturated heterocycles. The van der Waals surface area contributed by atoms with Crippen molar-refractivity contribution in [1.82, 2.24) is 14.3 Å². The molecule has 3 rings (SSSR count). The number of thiophene rings is 1. The number of hydrogen-bond acceptors (Lipinski definition) is 4. The third-order valence-corrected chi connectivity index (χ3v) is 5.42. The molecule has 3 heterocycles. The Balaban J connectivity index is 1.95. The van der Waals surface area contributed by atoms with Crippen LogP contribution < -0.4 is 5.69 Å². The lowest BCUT2D eigenvalue weighted by molar-refractivity contribution is 0.0836. The molecule has 0 amide bonds. The molecule has 7 heteroatoms. The summed E-state index contributed by atoms with van der Waals surface area (Å²) in [7, 11) is 0. The molecular weight excluding hydrogens is 354 g/mol. The molecule has 0 aromatic carbocycles. The quantitative estimate of drug-likeness (QED) is 0.829. The first kappa shape index (κ1) is 15.0. The molecule has 1 aliphatic heterocycles. The van der Waals surface area contributed by atoms with Crippen molar-refractivity contribution >= 4 is 27.3 Å². The zero-order valence-corrected chi connectivity index (χ0v) is 14.5. The zero-order valence-electron chi connectivity index (χ0n) is 12.1. The van der Waals surface area contributed by atoms with E-state index in [1.54, 1.807) is 20.6 Å². The molecule has 2 aromatic rings. The van der Waals surface area contributed by atoms with Gasteiger partial charge in [0.1, 0.15) is 6.10 Å². The summed E-state index contributed by atoms with van der Waals surface area (Å²) in [5.41, 5.74) is 1.03. The van der Waals surface area contributed by atoms with Crippen LogP contribution in [0.25, 0.3) is 0 Å². The lowest BCUT2D eigenvalue weighted by atomic mass is 10.0. The highest BCUT2D eigenvalue weighted by molar-refractivity contribution is 9.11. The van der Waals surface area contributed by atoms with Crippen LogP contribution in [0, 0.1) is 5.92 Å². The maximum absolute atomic E-state index is 12.5. The summed E-state index contributed by atoms with van der Waals surface area (Å²) in [6, 6.07) is 2.02. The second kappa shape index (κ2) is 6.06. The van der Waals surface area contributed by atoms with Crippen molar-refractivity contribution in [1.29, 1.82) is 0 Å². The van der Waals surface area contributed by atoms with Gasteiger partial charge in [0.25, 0.3) is 0 Å². The molecule has 1 fully saturated rings. The van der Waals surface area contributed by atoms with Gasteiger partial charge in [0.2, 0.25) is 0 Å². The summed E-state index contributed by atoms with van der Waals surface area (Å²) < 4.78 is 10.1. The van der Waals surface area contributed by atoms with Gasteiger partial charge in [-0.3, -0.25) is 4.57 Å². The smallest absolute Gasteiger partial charge is 0.346 e. The van der Waals surface area contributed by atoms with Gasteiger partial charge >= 0.3 is 5.69 Å². The minimum absolute atomic E-state index is 0.0578. The van der Waals surface area contributed by atoms with Crippen molar-refractivity contribution in [3.05, 3.63) is 37.1 Å². The van der Waals surface area contributed by atoms with Crippen LogP contribution in [0.5, 0.6) is 0 Å². The fraction of sp³-hybridized carbons (Fsp3) is 0.571. The number of nitrogens with zero attached hydrogens (tertiary/aromatic N) is 3. The fourth-order valence-electron chi connectivity index (χ4n) is 2.70. The van der Waals surface area contributed by atoms with Crippen LogP contribution in [-0.2, 0) is 17.8 Å². The Labute approximate surface area is 135 Å². The summed E-state index contributed by atoms with van der Waals surface area (Å²) in [5, 5.41) is 6.59. The second-order valence-corrected chi connectivity index (χ2v) is 7.65. The van der Waals surface area contributed by atoms with Crippen molar-refractivity contribution in [2.75, 3.05) is 6.61 Å². The molecule has 0 unspecified atom stereocenters. The van der Waals surface area contributed by atoms with Gasteiger partial charge in [0, 0.05) is 13.2 Å². The largest absolute Gasteiger partial charge is 0.370 e. The first-order valence-corrected chi connectivity index (χ1v) is 8.79. The Bertz CT molecular complexity index is 691. The molecule has 0 aliphatic carbocycles. The predicted octanol–water partition coefficient (Wildman–Crippen LogP) is 3.03. The molecule has 0 spiro atoms. The fourth-order valence-corrected chi connectivity index (χ4v) is 3.90. The van der Waals surface area contributed by atoms with Crippen LogP contribution >= 0.6 is 27.3 Å². The summed E-state index contributed by atoms with van der Waals surface area (Å²) >= 11 is 5.06. The third-order valence-electron chi connectivity index (χ3n) is 3.86. The minimum Gasteiger partial charge on any atom is -0.370 e. The van der Waals surface area contributed by atoms with Gasteiger partial charge in [-0.05, 0) is 52.2 Å². The van der Waals surface area contributed by atoms with Gasteiger partial charge in [-0.25, -0.2) is 9.48 Å². The standard InChI is InChI=1S/C14H18BrN3O2S/c1-3-17-13(12-9(2)4-5-20-12)16-18(14(17)19)7-10-6-11(15)21-8-10/h6,8-9,12H,3-5,7H2,1-2H3/t9-,12+/m1/s1. The van der Waals surface area contributed by atoms with Crippen molar-refractivity contribution in [3.63, 3.8) is 0 Å². The van der Waals surface area contributed by atoms with Gasteiger partial charge in [-0.15, -0.1) is 11.3 Å². The van der Waals surface area contributed by atoms with Gasteiger partial charge in [-0.2, -0.15) is 5.10 Å². The van der Waals surface area contributed by atoms with Gasteiger partial charge in [-0.1, -0.05) is 6.92 Å². The zero-order chi connectivity index (χ0) is 15.0. The lowest BCUT2D eigenvalue weighted by Crippen LogP contribution is -2.25. The van der Waals surface area contributed by atoms with Crippen molar-refractivity contribution in [2.24, 2.45) is 5.92 Å². The van der Waals surface area contributed by atoms with Crippen LogP contribution in [0.2, 0.25) is 0 Å². The highest BCUT2D eigenvalue weighted by atomic mass is 79.9. The topological polar surface area (TPSA) is 49.0 Å². The number of hydrogen-bond donors (Lipinski definition) is 0. The normalized spacial score (nSPS) is 22.0. The first-order valence-electron chi connectivity index (χ1n) is 7.12. The Kier molecular flexibility index (Phi) is 4.33. The van der Waals surface area contributed by atoms with Gasteiger partial charge in [0.15, 0.2) is 5.82 Å². The van der Waals surface area contributed by atoms with Crippen molar-refractivity contribution < 1.29 is 4.74 Å². The van der Waals surface area contributed by atoms with Gasteiger partial charge in [0.05, 0.1) is 10.3 Å². The summed E-state index contributed by atoms with van der Waals surface area (Å²) in [4.78, 5) is 12.5. The maximum Gasteiger partial charge on any atom is 0.346 e. The number of halogens is 1. The van der Waals surface area contributed by atoms with Crippen LogP contribution in [-0.4, -0.2) is 21.0 Å². The van der Waals surface area contributed by atoms with Gasteiger partial charge < -0.3 is 4.74 Å². The molecule has 5 nitrogen and oxygen atoms in total. The van der Waals surface area contributed by atoms with Crippen LogP contribution in [0.1, 0.15) is 37.8 Å². The molecular formula is C14H18BrN3O2S. The van der Waals surface area contributed by atoms with Crippen molar-refractivity contribution in [3.8, 4) is 0 Å². The number of ether oxygens (including phenoxy) is 1. The predicted molar refractivity (Wildman–Crippen MR) is 85.8 cm³/mol. The minimum atomic E-state index is -0.0619. The monoisotopic (exact) mass is 371 g/mol. The molecule has 0 radical (unpaired) electrons. The van der Waals surface area contributed by atoms with E-state index in [4.69, 9.17) is 4.74 Å². The molecule has 114 valence electrons. The average Bonchev–Trinajstić information content (AvgIpc) is 3.12. The van der Waals surface area contributed by atoms with E-state index < -0.39 is 0 Å². The number of aromatic nitrogens is 3. The molecule has 0 N–H and O–H groups in total. The van der Waals surface area contributed by atoms with E-state index in [1.165, 1.54) is 0 Å². The SMILES string of the molecule is CCn1c([C@H]2OCC[C@H]2C)nn(Cc2csc(Br)c2)c1=O. The van der Waals surface area contributed by atoms with Crippen LogP contribution in [0.3, 0.4) is 0 Å². The van der Waals surface area contributed by atoms with E-state index in [0.717, 1.165) is 28.2 Å². The van der Waals surface area contributed by atoms with E-state index in [9.17, 15) is 4.79 Å². The Hall–Kier alpha value is -0.920. The molecule has 1 aliphatic rings. The molecule has 2 atom stereocenters. The molecule has 0 saturated carbocycles. The van der Waals surface area contributed by atoms with E-state index in [1.807, 2.05) is 18.4 Å². The Morgan fingerprint density at radius 2 is 2.38 bits per heavy atom. The van der Waals surface area contributed by atoms with E-state index in [2.05, 4.69) is 28.0 Å². The molecule has 21 heavy (non-hydrogen) atoms. The van der Waals surface area contributed by atoms with Crippen LogP contribution in [0.15, 0.2) is 20.0 Å². The second-order valence-electron chi connectivity index (χ2n) is 5.36. The summed E-state index contributed by atoms with van der Waals surface area (Å²) in [6.45, 7) is 5.99. The highest BCUT2D eigenvalue weighted by Crippen LogP contribution is 2.32. The average molecular weight is 372 g/mol. The number of rotatable bonds is 4. The Morgan fingerprint density at radius 1 is 1.57 bits per heavy atom. The van der Waals surface area contributed by atoms with E-state index in [-0.39, 0.29) is 11.8 Å². The van der Waals surface area contributed by atoms with Crippen LogP contribution in [0.4, 0.5) is 0 Å². The third kappa shape index (κ3) is 2.86. The molecule has 0 bridgehead atoms. The lowest BCUT2D eigenvalue weighted by Gasteiger charge is -2.13. The summed E-state index contributed by atoms with van der Waals surface area (Å²) in [6.07, 6.45) is 0.959. The van der Waals surface area contributed by atoms with E-state index >= 15 is 0 Å². The van der Waals surface area contributed by atoms with E-state index in [0.29, 0.717) is 19.0 Å². The summed E-state index contributed by atoms with van der Waals surface area (Å²) in [5.74, 6) is 1.17. The van der Waals surface area contributed by atoms with Crippen molar-refractivity contribution in [2.45, 2.75) is 39.5 Å². The first-order chi connectivity index (χ1) is 10.1.